The topological polar surface area (TPSA) is 94.8 Å². The Hall–Kier alpha value is -1.37. The van der Waals surface area contributed by atoms with E-state index in [2.05, 4.69) is 0 Å². The van der Waals surface area contributed by atoms with Crippen LogP contribution in [0.4, 0.5) is 4.39 Å². The van der Waals surface area contributed by atoms with Gasteiger partial charge in [-0.15, -0.1) is 0 Å². The summed E-state index contributed by atoms with van der Waals surface area (Å²) in [5.41, 5.74) is -5.17. The molecule has 0 radical (unpaired) electrons. The minimum atomic E-state index is -1.98. The maximum Gasteiger partial charge on any atom is 0.190 e. The van der Waals surface area contributed by atoms with Gasteiger partial charge in [0.15, 0.2) is 17.2 Å². The van der Waals surface area contributed by atoms with Crippen LogP contribution in [0, 0.1) is 28.6 Å². The zero-order chi connectivity index (χ0) is 20.7. The van der Waals surface area contributed by atoms with Gasteiger partial charge >= 0.3 is 0 Å². The van der Waals surface area contributed by atoms with Crippen molar-refractivity contribution in [2.45, 2.75) is 71.3 Å². The van der Waals surface area contributed by atoms with Crippen LogP contribution >= 0.6 is 0 Å². The summed E-state index contributed by atoms with van der Waals surface area (Å²) in [6.45, 7) is 4.48. The summed E-state index contributed by atoms with van der Waals surface area (Å²) in [5, 5.41) is 32.0. The Morgan fingerprint density at radius 3 is 2.59 bits per heavy atom. The second-order valence-electron chi connectivity index (χ2n) is 9.75. The Morgan fingerprint density at radius 2 is 1.97 bits per heavy atom. The van der Waals surface area contributed by atoms with Gasteiger partial charge in [0.25, 0.3) is 0 Å². The third kappa shape index (κ3) is 2.37. The SMILES string of the molecule is C.C[C@H]1C[C@H]2[C@@H]3CCC4=CC(=O)C=C[C@]4(C)[C@@]3(F)[C@@H](O)C[C@]2(C)[C@@]1(O)C(=O)CO. The molecule has 0 aromatic heterocycles. The third-order valence-electron chi connectivity index (χ3n) is 8.79. The summed E-state index contributed by atoms with van der Waals surface area (Å²) in [6.07, 6.45) is 4.44. The van der Waals surface area contributed by atoms with Crippen molar-refractivity contribution in [2.75, 3.05) is 6.61 Å². The fourth-order valence-corrected chi connectivity index (χ4v) is 7.26. The number of Topliss-reactive ketones (excluding diaryl/α,β-unsaturated/α-hetero) is 1. The zero-order valence-electron chi connectivity index (χ0n) is 16.6. The molecule has 3 saturated carbocycles. The molecular weight excluding hydrogens is 375 g/mol. The van der Waals surface area contributed by atoms with E-state index >= 15 is 4.39 Å². The molecule has 0 aromatic rings. The van der Waals surface area contributed by atoms with Crippen molar-refractivity contribution in [1.82, 2.24) is 0 Å². The van der Waals surface area contributed by atoms with Gasteiger partial charge < -0.3 is 15.3 Å². The quantitative estimate of drug-likeness (QED) is 0.653. The minimum absolute atomic E-state index is 0. The zero-order valence-corrected chi connectivity index (χ0v) is 16.6. The van der Waals surface area contributed by atoms with Crippen molar-refractivity contribution in [2.24, 2.45) is 28.6 Å². The first-order chi connectivity index (χ1) is 13.0. The fourth-order valence-electron chi connectivity index (χ4n) is 7.26. The predicted molar refractivity (Wildman–Crippen MR) is 107 cm³/mol. The molecule has 3 fully saturated rings. The Kier molecular flexibility index (Phi) is 5.05. The van der Waals surface area contributed by atoms with Crippen molar-refractivity contribution in [3.05, 3.63) is 23.8 Å². The van der Waals surface area contributed by atoms with Gasteiger partial charge in [0, 0.05) is 16.7 Å². The van der Waals surface area contributed by atoms with Crippen LogP contribution in [0.25, 0.3) is 0 Å². The molecule has 0 unspecified atom stereocenters. The van der Waals surface area contributed by atoms with Crippen molar-refractivity contribution in [3.8, 4) is 0 Å². The molecule has 0 saturated heterocycles. The third-order valence-corrected chi connectivity index (χ3v) is 8.79. The number of halogens is 1. The Labute approximate surface area is 171 Å². The summed E-state index contributed by atoms with van der Waals surface area (Å²) in [6, 6.07) is 0. The standard InChI is InChI=1S/C22H29FO5.CH4/c1-12-8-16-15-5-4-13-9-14(25)6-7-19(13,2)21(15,23)17(26)10-20(16,3)22(12,28)18(27)11-24;/h6-7,9,12,15-17,24,26,28H,4-5,8,10-11H2,1-3H3;1H4/t12-,15-,16-,17-,19-,20-,21-,22-;/m0./s1. The number of rotatable bonds is 2. The van der Waals surface area contributed by atoms with Crippen LogP contribution in [0.2, 0.25) is 0 Å². The second kappa shape index (κ2) is 6.56. The van der Waals surface area contributed by atoms with Gasteiger partial charge in [-0.05, 0) is 56.6 Å². The van der Waals surface area contributed by atoms with Gasteiger partial charge in [-0.1, -0.05) is 32.9 Å². The molecule has 0 spiro atoms. The average Bonchev–Trinajstić information content (AvgIpc) is 2.84. The summed E-state index contributed by atoms with van der Waals surface area (Å²) in [5.74, 6) is -2.12. The highest BCUT2D eigenvalue weighted by atomic mass is 19.1. The van der Waals surface area contributed by atoms with E-state index in [-0.39, 0.29) is 25.5 Å². The molecule has 5 nitrogen and oxygen atoms in total. The summed E-state index contributed by atoms with van der Waals surface area (Å²) in [7, 11) is 0. The van der Waals surface area contributed by atoms with E-state index in [0.29, 0.717) is 24.8 Å². The molecule has 0 aliphatic heterocycles. The molecule has 4 aliphatic carbocycles. The molecule has 162 valence electrons. The number of aliphatic hydroxyl groups is 3. The fraction of sp³-hybridized carbons (Fsp3) is 0.739. The Balaban J connectivity index is 0.00000240. The molecule has 3 N–H and O–H groups in total. The number of carbonyl (C=O) groups is 2. The van der Waals surface area contributed by atoms with E-state index in [1.807, 2.05) is 0 Å². The maximum absolute atomic E-state index is 16.9. The monoisotopic (exact) mass is 408 g/mol. The van der Waals surface area contributed by atoms with Gasteiger partial charge in [0.05, 0.1) is 6.10 Å². The number of alkyl halides is 1. The lowest BCUT2D eigenvalue weighted by Gasteiger charge is -2.62. The number of hydrogen-bond donors (Lipinski definition) is 3. The van der Waals surface area contributed by atoms with E-state index in [1.54, 1.807) is 26.8 Å². The van der Waals surface area contributed by atoms with E-state index in [4.69, 9.17) is 0 Å². The number of allylic oxidation sites excluding steroid dienone is 4. The maximum atomic E-state index is 16.9. The summed E-state index contributed by atoms with van der Waals surface area (Å²) < 4.78 is 16.9. The largest absolute Gasteiger partial charge is 0.390 e. The average molecular weight is 409 g/mol. The second-order valence-corrected chi connectivity index (χ2v) is 9.75. The van der Waals surface area contributed by atoms with E-state index in [0.717, 1.165) is 0 Å². The smallest absolute Gasteiger partial charge is 0.190 e. The van der Waals surface area contributed by atoms with E-state index in [1.165, 1.54) is 12.2 Å². The molecule has 0 amide bonds. The number of ketones is 2. The first-order valence-corrected chi connectivity index (χ1v) is 10.1. The molecular formula is C23H33FO5. The van der Waals surface area contributed by atoms with Gasteiger partial charge in [0.1, 0.15) is 12.2 Å². The van der Waals surface area contributed by atoms with Crippen LogP contribution in [0.1, 0.15) is 53.9 Å². The van der Waals surface area contributed by atoms with E-state index in [9.17, 15) is 24.9 Å². The lowest BCUT2D eigenvalue weighted by atomic mass is 9.44. The first-order valence-electron chi connectivity index (χ1n) is 10.1. The van der Waals surface area contributed by atoms with Crippen LogP contribution in [0.5, 0.6) is 0 Å². The van der Waals surface area contributed by atoms with E-state index < -0.39 is 52.4 Å². The molecule has 0 aromatic carbocycles. The molecule has 4 aliphatic rings. The molecule has 4 rings (SSSR count). The number of aliphatic hydroxyl groups excluding tert-OH is 2. The van der Waals surface area contributed by atoms with Gasteiger partial charge in [-0.3, -0.25) is 9.59 Å². The predicted octanol–water partition coefficient (Wildman–Crippen LogP) is 2.53. The van der Waals surface area contributed by atoms with Crippen LogP contribution in [-0.2, 0) is 9.59 Å². The Morgan fingerprint density at radius 1 is 1.31 bits per heavy atom. The minimum Gasteiger partial charge on any atom is -0.390 e. The van der Waals surface area contributed by atoms with Crippen molar-refractivity contribution < 1.29 is 29.3 Å². The molecule has 0 bridgehead atoms. The van der Waals surface area contributed by atoms with Gasteiger partial charge in [-0.25, -0.2) is 4.39 Å². The lowest BCUT2D eigenvalue weighted by Crippen LogP contribution is -2.69. The highest BCUT2D eigenvalue weighted by molar-refractivity contribution is 6.01. The lowest BCUT2D eigenvalue weighted by molar-refractivity contribution is -0.219. The normalized spacial score (nSPS) is 50.7. The highest BCUT2D eigenvalue weighted by Crippen LogP contribution is 2.70. The number of fused-ring (bicyclic) bond motifs is 5. The van der Waals surface area contributed by atoms with Gasteiger partial charge in [-0.2, -0.15) is 0 Å². The molecule has 8 atom stereocenters. The first kappa shape index (κ1) is 22.3. The van der Waals surface area contributed by atoms with Crippen molar-refractivity contribution in [3.63, 3.8) is 0 Å². The van der Waals surface area contributed by atoms with Crippen LogP contribution in [-0.4, -0.2) is 50.9 Å². The summed E-state index contributed by atoms with van der Waals surface area (Å²) in [4.78, 5) is 24.4. The molecule has 0 heterocycles. The molecule has 29 heavy (non-hydrogen) atoms. The molecule has 6 heteroatoms. The van der Waals surface area contributed by atoms with Crippen LogP contribution in [0.15, 0.2) is 23.8 Å². The number of carbonyl (C=O) groups excluding carboxylic acids is 2. The van der Waals surface area contributed by atoms with Crippen molar-refractivity contribution >= 4 is 11.6 Å². The van der Waals surface area contributed by atoms with Crippen LogP contribution in [0.3, 0.4) is 0 Å². The summed E-state index contributed by atoms with van der Waals surface area (Å²) >= 11 is 0. The van der Waals surface area contributed by atoms with Gasteiger partial charge in [0.2, 0.25) is 0 Å². The number of hydrogen-bond acceptors (Lipinski definition) is 5. The Bertz CT molecular complexity index is 805. The van der Waals surface area contributed by atoms with Crippen molar-refractivity contribution in [1.29, 1.82) is 0 Å². The highest BCUT2D eigenvalue weighted by Gasteiger charge is 2.75. The van der Waals surface area contributed by atoms with Crippen LogP contribution < -0.4 is 0 Å².